The van der Waals surface area contributed by atoms with Crippen molar-refractivity contribution in [3.8, 4) is 0 Å². The summed E-state index contributed by atoms with van der Waals surface area (Å²) in [6.45, 7) is 1.31. The van der Waals surface area contributed by atoms with E-state index in [-0.39, 0.29) is 11.5 Å². The molecule has 24 heavy (non-hydrogen) atoms. The summed E-state index contributed by atoms with van der Waals surface area (Å²) >= 11 is 11.7. The number of esters is 1. The maximum atomic E-state index is 12.1. The van der Waals surface area contributed by atoms with Crippen molar-refractivity contribution in [1.29, 1.82) is 0 Å². The molecule has 5 nitrogen and oxygen atoms in total. The van der Waals surface area contributed by atoms with Crippen LogP contribution in [0.4, 0.5) is 0 Å². The number of benzene rings is 2. The van der Waals surface area contributed by atoms with Gasteiger partial charge < -0.3 is 4.74 Å². The van der Waals surface area contributed by atoms with Crippen LogP contribution in [0.1, 0.15) is 11.1 Å². The van der Waals surface area contributed by atoms with E-state index in [4.69, 9.17) is 27.9 Å². The lowest BCUT2D eigenvalue weighted by molar-refractivity contribution is -0.143. The van der Waals surface area contributed by atoms with E-state index in [0.29, 0.717) is 15.6 Å². The van der Waals surface area contributed by atoms with Gasteiger partial charge >= 0.3 is 5.97 Å². The third kappa shape index (κ3) is 5.21. The molecular weight excluding hydrogens is 373 g/mol. The van der Waals surface area contributed by atoms with Crippen LogP contribution in [0, 0.1) is 6.92 Å². The first-order chi connectivity index (χ1) is 11.3. The zero-order chi connectivity index (χ0) is 17.7. The number of hydrogen-bond donors (Lipinski definition) is 1. The molecule has 0 aromatic heterocycles. The number of halogens is 2. The Morgan fingerprint density at radius 2 is 1.79 bits per heavy atom. The largest absolute Gasteiger partial charge is 0.460 e. The lowest BCUT2D eigenvalue weighted by Gasteiger charge is -2.09. The number of nitrogens with one attached hydrogen (secondary N) is 1. The highest BCUT2D eigenvalue weighted by molar-refractivity contribution is 7.89. The van der Waals surface area contributed by atoms with E-state index in [1.807, 2.05) is 6.92 Å². The Kier molecular flexibility index (Phi) is 6.23. The zero-order valence-electron chi connectivity index (χ0n) is 12.8. The lowest BCUT2D eigenvalue weighted by Crippen LogP contribution is -2.30. The highest BCUT2D eigenvalue weighted by atomic mass is 35.5. The molecule has 0 amide bonds. The van der Waals surface area contributed by atoms with Gasteiger partial charge in [0.1, 0.15) is 13.2 Å². The first kappa shape index (κ1) is 18.7. The fourth-order valence-electron chi connectivity index (χ4n) is 1.80. The Hall–Kier alpha value is -1.60. The molecular formula is C16H15Cl2NO4S. The molecule has 0 saturated carbocycles. The normalized spacial score (nSPS) is 11.3. The van der Waals surface area contributed by atoms with E-state index in [9.17, 15) is 13.2 Å². The Bertz CT molecular complexity index is 836. The van der Waals surface area contributed by atoms with Crippen LogP contribution in [0.15, 0.2) is 47.4 Å². The molecule has 2 aromatic carbocycles. The molecule has 0 aliphatic carbocycles. The van der Waals surface area contributed by atoms with Crippen molar-refractivity contribution in [2.24, 2.45) is 0 Å². The Labute approximate surface area is 150 Å². The molecule has 1 N–H and O–H groups in total. The van der Waals surface area contributed by atoms with Gasteiger partial charge in [0.15, 0.2) is 0 Å². The van der Waals surface area contributed by atoms with Gasteiger partial charge in [-0.1, -0.05) is 47.0 Å². The molecule has 0 fully saturated rings. The number of sulfonamides is 1. The van der Waals surface area contributed by atoms with Crippen molar-refractivity contribution in [2.75, 3.05) is 6.54 Å². The summed E-state index contributed by atoms with van der Waals surface area (Å²) in [6.07, 6.45) is 0. The van der Waals surface area contributed by atoms with Gasteiger partial charge in [0.2, 0.25) is 10.0 Å². The molecule has 0 aliphatic heterocycles. The Morgan fingerprint density at radius 3 is 2.42 bits per heavy atom. The van der Waals surface area contributed by atoms with E-state index in [0.717, 1.165) is 5.56 Å². The quantitative estimate of drug-likeness (QED) is 0.771. The number of ether oxygens (including phenoxy) is 1. The van der Waals surface area contributed by atoms with Crippen LogP contribution in [0.3, 0.4) is 0 Å². The van der Waals surface area contributed by atoms with Crippen molar-refractivity contribution in [1.82, 2.24) is 4.72 Å². The number of hydrogen-bond acceptors (Lipinski definition) is 4. The van der Waals surface area contributed by atoms with Crippen molar-refractivity contribution in [3.63, 3.8) is 0 Å². The van der Waals surface area contributed by atoms with Crippen LogP contribution in [-0.4, -0.2) is 20.9 Å². The van der Waals surface area contributed by atoms with Gasteiger partial charge in [-0.3, -0.25) is 4.79 Å². The summed E-state index contributed by atoms with van der Waals surface area (Å²) in [5, 5.41) is 0.844. The van der Waals surface area contributed by atoms with Crippen LogP contribution in [0.5, 0.6) is 0 Å². The molecule has 128 valence electrons. The van der Waals surface area contributed by atoms with Crippen LogP contribution < -0.4 is 4.72 Å². The second kappa shape index (κ2) is 7.98. The van der Waals surface area contributed by atoms with Crippen molar-refractivity contribution >= 4 is 39.2 Å². The standard InChI is InChI=1S/C16H15Cl2NO4S/c1-11-2-6-14(7-3-11)24(21,22)19-9-16(20)23-10-12-4-5-13(17)8-15(12)18/h2-8,19H,9-10H2,1H3. The summed E-state index contributed by atoms with van der Waals surface area (Å²) in [6, 6.07) is 11.1. The number of carbonyl (C=O) groups is 1. The van der Waals surface area contributed by atoms with Crippen molar-refractivity contribution in [3.05, 3.63) is 63.6 Å². The third-order valence-electron chi connectivity index (χ3n) is 3.14. The highest BCUT2D eigenvalue weighted by Crippen LogP contribution is 2.21. The van der Waals surface area contributed by atoms with Crippen LogP contribution in [0.25, 0.3) is 0 Å². The summed E-state index contributed by atoms with van der Waals surface area (Å²) < 4.78 is 31.3. The van der Waals surface area contributed by atoms with Crippen LogP contribution in [-0.2, 0) is 26.2 Å². The van der Waals surface area contributed by atoms with Gasteiger partial charge in [-0.05, 0) is 31.2 Å². The fourth-order valence-corrected chi connectivity index (χ4v) is 3.23. The van der Waals surface area contributed by atoms with Crippen LogP contribution >= 0.6 is 23.2 Å². The fraction of sp³-hybridized carbons (Fsp3) is 0.188. The second-order valence-electron chi connectivity index (χ2n) is 5.03. The molecule has 0 heterocycles. The monoisotopic (exact) mass is 387 g/mol. The van der Waals surface area contributed by atoms with Gasteiger partial charge in [-0.2, -0.15) is 4.72 Å². The summed E-state index contributed by atoms with van der Waals surface area (Å²) in [5.74, 6) is -0.711. The maximum Gasteiger partial charge on any atom is 0.321 e. The smallest absolute Gasteiger partial charge is 0.321 e. The molecule has 2 aromatic rings. The first-order valence-electron chi connectivity index (χ1n) is 6.94. The minimum Gasteiger partial charge on any atom is -0.460 e. The van der Waals surface area contributed by atoms with E-state index in [1.54, 1.807) is 24.3 Å². The second-order valence-corrected chi connectivity index (χ2v) is 7.64. The molecule has 0 unspecified atom stereocenters. The molecule has 0 atom stereocenters. The van der Waals surface area contributed by atoms with Gasteiger partial charge in [0.05, 0.1) is 4.90 Å². The maximum absolute atomic E-state index is 12.1. The number of aryl methyl sites for hydroxylation is 1. The van der Waals surface area contributed by atoms with Crippen molar-refractivity contribution in [2.45, 2.75) is 18.4 Å². The Balaban J connectivity index is 1.89. The summed E-state index contributed by atoms with van der Waals surface area (Å²) in [4.78, 5) is 11.8. The SMILES string of the molecule is Cc1ccc(S(=O)(=O)NCC(=O)OCc2ccc(Cl)cc2Cl)cc1. The van der Waals surface area contributed by atoms with E-state index < -0.39 is 22.5 Å². The average Bonchev–Trinajstić information content (AvgIpc) is 2.52. The van der Waals surface area contributed by atoms with E-state index >= 15 is 0 Å². The molecule has 2 rings (SSSR count). The average molecular weight is 388 g/mol. The molecule has 0 bridgehead atoms. The van der Waals surface area contributed by atoms with Crippen molar-refractivity contribution < 1.29 is 17.9 Å². The van der Waals surface area contributed by atoms with E-state index in [2.05, 4.69) is 4.72 Å². The zero-order valence-corrected chi connectivity index (χ0v) is 15.1. The molecule has 0 aliphatic rings. The number of carbonyl (C=O) groups excluding carboxylic acids is 1. The predicted octanol–water partition coefficient (Wildman–Crippen LogP) is 3.32. The topological polar surface area (TPSA) is 72.5 Å². The minimum absolute atomic E-state index is 0.0684. The molecule has 0 saturated heterocycles. The van der Waals surface area contributed by atoms with Gasteiger partial charge in [-0.25, -0.2) is 8.42 Å². The molecule has 0 radical (unpaired) electrons. The predicted molar refractivity (Wildman–Crippen MR) is 92.6 cm³/mol. The lowest BCUT2D eigenvalue weighted by atomic mass is 10.2. The van der Waals surface area contributed by atoms with Gasteiger partial charge in [0, 0.05) is 15.6 Å². The van der Waals surface area contributed by atoms with E-state index in [1.165, 1.54) is 18.2 Å². The number of rotatable bonds is 6. The molecule has 8 heteroatoms. The molecule has 0 spiro atoms. The Morgan fingerprint density at radius 1 is 1.12 bits per heavy atom. The summed E-state index contributed by atoms with van der Waals surface area (Å²) in [7, 11) is -3.76. The van der Waals surface area contributed by atoms with Crippen LogP contribution in [0.2, 0.25) is 10.0 Å². The minimum atomic E-state index is -3.76. The van der Waals surface area contributed by atoms with Gasteiger partial charge in [-0.15, -0.1) is 0 Å². The summed E-state index contributed by atoms with van der Waals surface area (Å²) in [5.41, 5.74) is 1.52. The third-order valence-corrected chi connectivity index (χ3v) is 5.15. The highest BCUT2D eigenvalue weighted by Gasteiger charge is 2.16. The first-order valence-corrected chi connectivity index (χ1v) is 9.18. The van der Waals surface area contributed by atoms with Gasteiger partial charge in [0.25, 0.3) is 0 Å².